The van der Waals surface area contributed by atoms with Gasteiger partial charge in [0.1, 0.15) is 0 Å². The lowest BCUT2D eigenvalue weighted by Crippen LogP contribution is -2.33. The van der Waals surface area contributed by atoms with Crippen LogP contribution in [0.5, 0.6) is 0 Å². The Balaban J connectivity index is 4.64. The minimum atomic E-state index is 0.475. The molecule has 0 heteroatoms. The molecule has 0 aromatic rings. The zero-order valence-electron chi connectivity index (χ0n) is 13.8. The van der Waals surface area contributed by atoms with Crippen molar-refractivity contribution >= 4 is 0 Å². The van der Waals surface area contributed by atoms with Crippen LogP contribution >= 0.6 is 0 Å². The summed E-state index contributed by atoms with van der Waals surface area (Å²) >= 11 is 0. The third-order valence-corrected chi connectivity index (χ3v) is 6.13. The largest absolute Gasteiger partial charge is 0.0651 e. The standard InChI is InChI=1S/C17H36/c1-10-12(3)13(4)14(5)15(6)16(7)17(8,9)11-2/h12-16H,10-11H2,1-9H3. The molecule has 0 saturated heterocycles. The van der Waals surface area contributed by atoms with E-state index in [-0.39, 0.29) is 0 Å². The van der Waals surface area contributed by atoms with Crippen molar-refractivity contribution in [2.24, 2.45) is 35.0 Å². The van der Waals surface area contributed by atoms with Crippen molar-refractivity contribution in [3.05, 3.63) is 0 Å². The Morgan fingerprint density at radius 3 is 1.59 bits per heavy atom. The predicted molar refractivity (Wildman–Crippen MR) is 80.2 cm³/mol. The van der Waals surface area contributed by atoms with Gasteiger partial charge in [0.25, 0.3) is 0 Å². The molecule has 0 fully saturated rings. The van der Waals surface area contributed by atoms with E-state index in [4.69, 9.17) is 0 Å². The van der Waals surface area contributed by atoms with Crippen LogP contribution in [0.3, 0.4) is 0 Å². The first kappa shape index (κ1) is 17.0. The quantitative estimate of drug-likeness (QED) is 0.511. The van der Waals surface area contributed by atoms with Crippen molar-refractivity contribution in [3.8, 4) is 0 Å². The van der Waals surface area contributed by atoms with Gasteiger partial charge in [-0.05, 0) is 35.0 Å². The molecule has 0 amide bonds. The van der Waals surface area contributed by atoms with Crippen LogP contribution < -0.4 is 0 Å². The second-order valence-electron chi connectivity index (χ2n) is 7.09. The minimum absolute atomic E-state index is 0.475. The van der Waals surface area contributed by atoms with Crippen LogP contribution in [0, 0.1) is 35.0 Å². The van der Waals surface area contributed by atoms with Crippen LogP contribution in [0.15, 0.2) is 0 Å². The van der Waals surface area contributed by atoms with Crippen LogP contribution in [0.1, 0.15) is 75.2 Å². The Bertz CT molecular complexity index is 204. The van der Waals surface area contributed by atoms with E-state index in [9.17, 15) is 0 Å². The summed E-state index contributed by atoms with van der Waals surface area (Å²) < 4.78 is 0. The lowest BCUT2D eigenvalue weighted by atomic mass is 9.65. The van der Waals surface area contributed by atoms with E-state index < -0.39 is 0 Å². The number of hydrogen-bond acceptors (Lipinski definition) is 0. The molecule has 0 heterocycles. The maximum Gasteiger partial charge on any atom is -0.0329 e. The maximum absolute atomic E-state index is 2.46. The SMILES string of the molecule is CCC(C)C(C)C(C)C(C)C(C)C(C)(C)CC. The van der Waals surface area contributed by atoms with Crippen LogP contribution in [-0.4, -0.2) is 0 Å². The molecule has 0 rings (SSSR count). The van der Waals surface area contributed by atoms with Crippen LogP contribution in [-0.2, 0) is 0 Å². The lowest BCUT2D eigenvalue weighted by Gasteiger charge is -2.40. The Kier molecular flexibility index (Phi) is 6.81. The second-order valence-corrected chi connectivity index (χ2v) is 7.09. The van der Waals surface area contributed by atoms with Crippen molar-refractivity contribution in [1.82, 2.24) is 0 Å². The average Bonchev–Trinajstić information content (AvgIpc) is 2.33. The van der Waals surface area contributed by atoms with E-state index in [1.807, 2.05) is 0 Å². The summed E-state index contributed by atoms with van der Waals surface area (Å²) in [6.07, 6.45) is 2.59. The molecule has 0 N–H and O–H groups in total. The van der Waals surface area contributed by atoms with Gasteiger partial charge in [-0.1, -0.05) is 75.2 Å². The van der Waals surface area contributed by atoms with E-state index in [0.29, 0.717) is 5.41 Å². The fourth-order valence-electron chi connectivity index (χ4n) is 2.86. The van der Waals surface area contributed by atoms with Gasteiger partial charge in [-0.3, -0.25) is 0 Å². The van der Waals surface area contributed by atoms with Gasteiger partial charge in [-0.25, -0.2) is 0 Å². The Hall–Kier alpha value is 0. The molecule has 5 unspecified atom stereocenters. The molecule has 5 atom stereocenters. The molecule has 0 aliphatic rings. The summed E-state index contributed by atoms with van der Waals surface area (Å²) in [6.45, 7) is 21.7. The monoisotopic (exact) mass is 240 g/mol. The molecule has 0 radical (unpaired) electrons. The number of rotatable bonds is 7. The molecular weight excluding hydrogens is 204 g/mol. The first-order valence-corrected chi connectivity index (χ1v) is 7.68. The first-order valence-electron chi connectivity index (χ1n) is 7.68. The van der Waals surface area contributed by atoms with E-state index in [1.54, 1.807) is 0 Å². The molecule has 0 nitrogen and oxygen atoms in total. The average molecular weight is 240 g/mol. The van der Waals surface area contributed by atoms with Crippen molar-refractivity contribution in [3.63, 3.8) is 0 Å². The lowest BCUT2D eigenvalue weighted by molar-refractivity contribution is 0.0865. The summed E-state index contributed by atoms with van der Waals surface area (Å²) in [5.41, 5.74) is 0.475. The highest BCUT2D eigenvalue weighted by molar-refractivity contribution is 4.82. The highest BCUT2D eigenvalue weighted by Crippen LogP contribution is 2.41. The summed E-state index contributed by atoms with van der Waals surface area (Å²) in [7, 11) is 0. The van der Waals surface area contributed by atoms with Gasteiger partial charge in [0.05, 0.1) is 0 Å². The molecule has 0 aliphatic carbocycles. The van der Waals surface area contributed by atoms with Crippen LogP contribution in [0.4, 0.5) is 0 Å². The topological polar surface area (TPSA) is 0 Å². The maximum atomic E-state index is 2.46. The first-order chi connectivity index (χ1) is 7.68. The zero-order valence-corrected chi connectivity index (χ0v) is 13.8. The molecule has 0 aromatic heterocycles. The van der Waals surface area contributed by atoms with Crippen molar-refractivity contribution in [1.29, 1.82) is 0 Å². The third-order valence-electron chi connectivity index (χ3n) is 6.13. The predicted octanol–water partition coefficient (Wildman–Crippen LogP) is 6.01. The molecule has 0 aliphatic heterocycles. The highest BCUT2D eigenvalue weighted by Gasteiger charge is 2.33. The van der Waals surface area contributed by atoms with Gasteiger partial charge in [0.2, 0.25) is 0 Å². The molecule has 0 bridgehead atoms. The summed E-state index contributed by atoms with van der Waals surface area (Å²) in [6, 6.07) is 0. The third kappa shape index (κ3) is 4.30. The minimum Gasteiger partial charge on any atom is -0.0651 e. The van der Waals surface area contributed by atoms with E-state index >= 15 is 0 Å². The van der Waals surface area contributed by atoms with E-state index in [2.05, 4.69) is 62.3 Å². The fraction of sp³-hybridized carbons (Fsp3) is 1.00. The van der Waals surface area contributed by atoms with E-state index in [0.717, 1.165) is 29.6 Å². The summed E-state index contributed by atoms with van der Waals surface area (Å²) in [4.78, 5) is 0. The zero-order chi connectivity index (χ0) is 13.8. The van der Waals surface area contributed by atoms with Gasteiger partial charge >= 0.3 is 0 Å². The van der Waals surface area contributed by atoms with E-state index in [1.165, 1.54) is 12.8 Å². The Morgan fingerprint density at radius 2 is 1.24 bits per heavy atom. The fourth-order valence-corrected chi connectivity index (χ4v) is 2.86. The van der Waals surface area contributed by atoms with Gasteiger partial charge in [-0.15, -0.1) is 0 Å². The molecule has 0 aromatic carbocycles. The molecule has 0 saturated carbocycles. The van der Waals surface area contributed by atoms with Crippen LogP contribution in [0.2, 0.25) is 0 Å². The van der Waals surface area contributed by atoms with Crippen molar-refractivity contribution in [2.45, 2.75) is 75.2 Å². The Labute approximate surface area is 111 Å². The highest BCUT2D eigenvalue weighted by atomic mass is 14.4. The number of hydrogen-bond donors (Lipinski definition) is 0. The molecule has 17 heavy (non-hydrogen) atoms. The normalized spacial score (nSPS) is 21.7. The molecule has 104 valence electrons. The van der Waals surface area contributed by atoms with Gasteiger partial charge in [0, 0.05) is 0 Å². The van der Waals surface area contributed by atoms with Crippen molar-refractivity contribution in [2.75, 3.05) is 0 Å². The van der Waals surface area contributed by atoms with Gasteiger partial charge in [-0.2, -0.15) is 0 Å². The molecule has 0 spiro atoms. The summed E-state index contributed by atoms with van der Waals surface area (Å²) in [5.74, 6) is 4.13. The second kappa shape index (κ2) is 6.81. The van der Waals surface area contributed by atoms with Crippen LogP contribution in [0.25, 0.3) is 0 Å². The Morgan fingerprint density at radius 1 is 0.765 bits per heavy atom. The van der Waals surface area contributed by atoms with Crippen molar-refractivity contribution < 1.29 is 0 Å². The summed E-state index contributed by atoms with van der Waals surface area (Å²) in [5, 5.41) is 0. The van der Waals surface area contributed by atoms with Gasteiger partial charge < -0.3 is 0 Å². The molecular formula is C17H36. The van der Waals surface area contributed by atoms with Gasteiger partial charge in [0.15, 0.2) is 0 Å². The smallest absolute Gasteiger partial charge is 0.0329 e.